The Morgan fingerprint density at radius 3 is 2.33 bits per heavy atom. The van der Waals surface area contributed by atoms with Crippen LogP contribution >= 0.6 is 0 Å². The Morgan fingerprint density at radius 2 is 1.67 bits per heavy atom. The van der Waals surface area contributed by atoms with Gasteiger partial charge >= 0.3 is 7.12 Å². The van der Waals surface area contributed by atoms with E-state index in [1.165, 1.54) is 0 Å². The minimum absolute atomic E-state index is 0.352. The first-order valence-corrected chi connectivity index (χ1v) is 8.26. The zero-order valence-corrected chi connectivity index (χ0v) is 14.8. The number of methoxy groups -OCH3 is 1. The molecule has 0 amide bonds. The molecular formula is C19H22BNO3. The molecule has 1 aromatic heterocycles. The fraction of sp³-hybridized carbons (Fsp3) is 0.368. The molecule has 1 aliphatic heterocycles. The van der Waals surface area contributed by atoms with Gasteiger partial charge in [0.1, 0.15) is 5.75 Å². The van der Waals surface area contributed by atoms with E-state index in [1.807, 2.05) is 12.1 Å². The van der Waals surface area contributed by atoms with Crippen molar-refractivity contribution in [2.45, 2.75) is 38.9 Å². The summed E-state index contributed by atoms with van der Waals surface area (Å²) in [5, 5.41) is 2.29. The standard InChI is InChI=1S/C19H22BNO3/c1-18(2)19(3,4)24-20(23-18)15-8-6-7-13-14-11-12(22-5)9-10-16(14)21-17(13)15/h6-11,21H,1-5H3. The first-order chi connectivity index (χ1) is 11.3. The number of rotatable bonds is 2. The molecule has 0 unspecified atom stereocenters. The van der Waals surface area contributed by atoms with Crippen molar-refractivity contribution in [3.05, 3.63) is 36.4 Å². The Balaban J connectivity index is 1.88. The monoisotopic (exact) mass is 323 g/mol. The SMILES string of the molecule is COc1ccc2[nH]c3c(B4OC(C)(C)C(C)(C)O4)cccc3c2c1. The molecule has 0 spiro atoms. The van der Waals surface area contributed by atoms with Gasteiger partial charge in [-0.05, 0) is 45.9 Å². The molecule has 4 rings (SSSR count). The van der Waals surface area contributed by atoms with E-state index in [2.05, 4.69) is 56.9 Å². The van der Waals surface area contributed by atoms with Crippen LogP contribution < -0.4 is 10.2 Å². The minimum Gasteiger partial charge on any atom is -0.497 e. The van der Waals surface area contributed by atoms with E-state index in [-0.39, 0.29) is 18.3 Å². The van der Waals surface area contributed by atoms with Gasteiger partial charge in [0.05, 0.1) is 18.3 Å². The van der Waals surface area contributed by atoms with Gasteiger partial charge in [-0.25, -0.2) is 0 Å². The molecule has 0 radical (unpaired) electrons. The fourth-order valence-electron chi connectivity index (χ4n) is 3.22. The maximum absolute atomic E-state index is 6.23. The molecular weight excluding hydrogens is 301 g/mol. The summed E-state index contributed by atoms with van der Waals surface area (Å²) >= 11 is 0. The molecule has 5 heteroatoms. The first-order valence-electron chi connectivity index (χ1n) is 8.26. The number of fused-ring (bicyclic) bond motifs is 3. The number of hydrogen-bond donors (Lipinski definition) is 1. The number of ether oxygens (including phenoxy) is 1. The highest BCUT2D eigenvalue weighted by Gasteiger charge is 2.52. The second-order valence-corrected chi connectivity index (χ2v) is 7.39. The van der Waals surface area contributed by atoms with Crippen LogP contribution in [-0.4, -0.2) is 30.4 Å². The molecule has 1 aliphatic rings. The molecule has 1 fully saturated rings. The third-order valence-corrected chi connectivity index (χ3v) is 5.38. The van der Waals surface area contributed by atoms with Gasteiger partial charge in [-0.3, -0.25) is 0 Å². The van der Waals surface area contributed by atoms with Gasteiger partial charge < -0.3 is 19.0 Å². The van der Waals surface area contributed by atoms with E-state index in [0.29, 0.717) is 0 Å². The molecule has 0 atom stereocenters. The van der Waals surface area contributed by atoms with Crippen LogP contribution in [0.25, 0.3) is 21.8 Å². The second-order valence-electron chi connectivity index (χ2n) is 7.39. The van der Waals surface area contributed by atoms with Gasteiger partial charge in [0.2, 0.25) is 0 Å². The molecule has 4 nitrogen and oxygen atoms in total. The van der Waals surface area contributed by atoms with Crippen molar-refractivity contribution in [1.82, 2.24) is 4.98 Å². The van der Waals surface area contributed by atoms with Crippen LogP contribution in [0.5, 0.6) is 5.75 Å². The number of H-pyrrole nitrogens is 1. The van der Waals surface area contributed by atoms with Gasteiger partial charge in [0.15, 0.2) is 0 Å². The normalized spacial score (nSPS) is 19.3. The average molecular weight is 323 g/mol. The van der Waals surface area contributed by atoms with E-state index in [0.717, 1.165) is 33.0 Å². The Kier molecular flexibility index (Phi) is 3.24. The Labute approximate surface area is 142 Å². The number of aromatic nitrogens is 1. The highest BCUT2D eigenvalue weighted by Crippen LogP contribution is 2.37. The largest absolute Gasteiger partial charge is 0.497 e. The van der Waals surface area contributed by atoms with E-state index in [9.17, 15) is 0 Å². The third-order valence-electron chi connectivity index (χ3n) is 5.38. The second kappa shape index (κ2) is 5.01. The molecule has 1 N–H and O–H groups in total. The van der Waals surface area contributed by atoms with E-state index in [4.69, 9.17) is 14.0 Å². The first kappa shape index (κ1) is 15.5. The van der Waals surface area contributed by atoms with Gasteiger partial charge in [0.25, 0.3) is 0 Å². The highest BCUT2D eigenvalue weighted by molar-refractivity contribution is 6.65. The van der Waals surface area contributed by atoms with Crippen molar-refractivity contribution in [2.75, 3.05) is 7.11 Å². The number of benzene rings is 2. The summed E-state index contributed by atoms with van der Waals surface area (Å²) in [6.07, 6.45) is 0. The van der Waals surface area contributed by atoms with E-state index < -0.39 is 0 Å². The summed E-state index contributed by atoms with van der Waals surface area (Å²) in [6, 6.07) is 12.3. The van der Waals surface area contributed by atoms with Crippen LogP contribution in [0.15, 0.2) is 36.4 Å². The van der Waals surface area contributed by atoms with Crippen molar-refractivity contribution in [2.24, 2.45) is 0 Å². The number of aromatic amines is 1. The maximum atomic E-state index is 6.23. The van der Waals surface area contributed by atoms with Crippen LogP contribution in [-0.2, 0) is 9.31 Å². The predicted molar refractivity (Wildman–Crippen MR) is 98.1 cm³/mol. The summed E-state index contributed by atoms with van der Waals surface area (Å²) in [6.45, 7) is 8.29. The zero-order valence-electron chi connectivity index (χ0n) is 14.8. The van der Waals surface area contributed by atoms with E-state index in [1.54, 1.807) is 7.11 Å². The lowest BCUT2D eigenvalue weighted by atomic mass is 9.78. The number of hydrogen-bond acceptors (Lipinski definition) is 3. The van der Waals surface area contributed by atoms with Crippen molar-refractivity contribution in [3.8, 4) is 5.75 Å². The lowest BCUT2D eigenvalue weighted by Crippen LogP contribution is -2.41. The van der Waals surface area contributed by atoms with Crippen molar-refractivity contribution in [3.63, 3.8) is 0 Å². The summed E-state index contributed by atoms with van der Waals surface area (Å²) < 4.78 is 17.8. The lowest BCUT2D eigenvalue weighted by Gasteiger charge is -2.32. The van der Waals surface area contributed by atoms with E-state index >= 15 is 0 Å². The van der Waals surface area contributed by atoms with Crippen molar-refractivity contribution < 1.29 is 14.0 Å². The molecule has 0 bridgehead atoms. The molecule has 3 aromatic rings. The topological polar surface area (TPSA) is 43.5 Å². The molecule has 24 heavy (non-hydrogen) atoms. The van der Waals surface area contributed by atoms with Crippen molar-refractivity contribution in [1.29, 1.82) is 0 Å². The van der Waals surface area contributed by atoms with Crippen LogP contribution in [0.3, 0.4) is 0 Å². The Morgan fingerprint density at radius 1 is 0.958 bits per heavy atom. The minimum atomic E-state index is -0.381. The smallest absolute Gasteiger partial charge is 0.497 e. The Bertz CT molecular complexity index is 913. The quantitative estimate of drug-likeness (QED) is 0.733. The molecule has 2 heterocycles. The van der Waals surface area contributed by atoms with Crippen LogP contribution in [0.1, 0.15) is 27.7 Å². The van der Waals surface area contributed by atoms with Gasteiger partial charge in [0, 0.05) is 27.3 Å². The molecule has 1 saturated heterocycles. The fourth-order valence-corrected chi connectivity index (χ4v) is 3.22. The number of nitrogens with one attached hydrogen (secondary N) is 1. The summed E-state index contributed by atoms with van der Waals surface area (Å²) in [5.41, 5.74) is 2.46. The molecule has 124 valence electrons. The summed E-state index contributed by atoms with van der Waals surface area (Å²) in [5.74, 6) is 0.851. The summed E-state index contributed by atoms with van der Waals surface area (Å²) in [7, 11) is 1.31. The zero-order chi connectivity index (χ0) is 17.1. The van der Waals surface area contributed by atoms with Gasteiger partial charge in [-0.1, -0.05) is 18.2 Å². The van der Waals surface area contributed by atoms with Gasteiger partial charge in [-0.15, -0.1) is 0 Å². The highest BCUT2D eigenvalue weighted by atomic mass is 16.7. The summed E-state index contributed by atoms with van der Waals surface area (Å²) in [4.78, 5) is 3.51. The van der Waals surface area contributed by atoms with Crippen LogP contribution in [0.4, 0.5) is 0 Å². The lowest BCUT2D eigenvalue weighted by molar-refractivity contribution is 0.00578. The van der Waals surface area contributed by atoms with Crippen molar-refractivity contribution >= 4 is 34.4 Å². The maximum Gasteiger partial charge on any atom is 0.497 e. The third kappa shape index (κ3) is 2.15. The van der Waals surface area contributed by atoms with Crippen LogP contribution in [0, 0.1) is 0 Å². The van der Waals surface area contributed by atoms with Crippen LogP contribution in [0.2, 0.25) is 0 Å². The molecule has 0 aliphatic carbocycles. The van der Waals surface area contributed by atoms with Gasteiger partial charge in [-0.2, -0.15) is 0 Å². The Hall–Kier alpha value is -1.98. The predicted octanol–water partition coefficient (Wildman–Crippen LogP) is 3.63. The average Bonchev–Trinajstić information content (AvgIpc) is 3.00. The molecule has 0 saturated carbocycles. The molecule has 2 aromatic carbocycles. The number of para-hydroxylation sites is 1.